The molecule has 0 spiro atoms. The Kier molecular flexibility index (Phi) is 5.34. The van der Waals surface area contributed by atoms with Crippen LogP contribution in [0, 0.1) is 19.3 Å². The number of carbonyl (C=O) groups excluding carboxylic acids is 1. The van der Waals surface area contributed by atoms with Crippen molar-refractivity contribution in [2.24, 2.45) is 12.5 Å². The van der Waals surface area contributed by atoms with Crippen molar-refractivity contribution in [3.8, 4) is 0 Å². The highest BCUT2D eigenvalue weighted by Gasteiger charge is 2.26. The number of aliphatic hydroxyl groups is 1. The molecule has 1 aromatic rings. The van der Waals surface area contributed by atoms with Crippen molar-refractivity contribution in [2.75, 3.05) is 6.61 Å². The molecule has 0 bridgehead atoms. The van der Waals surface area contributed by atoms with Crippen molar-refractivity contribution in [3.63, 3.8) is 0 Å². The average Bonchev–Trinajstić information content (AvgIpc) is 2.54. The highest BCUT2D eigenvalue weighted by molar-refractivity contribution is 5.79. The summed E-state index contributed by atoms with van der Waals surface area (Å²) in [4.78, 5) is 12.2. The van der Waals surface area contributed by atoms with Gasteiger partial charge in [-0.05, 0) is 25.7 Å². The van der Waals surface area contributed by atoms with Crippen LogP contribution >= 0.6 is 0 Å². The third kappa shape index (κ3) is 4.07. The van der Waals surface area contributed by atoms with Gasteiger partial charge in [-0.3, -0.25) is 9.48 Å². The number of aliphatic hydroxyl groups excluding tert-OH is 1. The molecule has 1 unspecified atom stereocenters. The van der Waals surface area contributed by atoms with Crippen molar-refractivity contribution >= 4 is 5.91 Å². The highest BCUT2D eigenvalue weighted by Crippen LogP contribution is 2.22. The molecule has 20 heavy (non-hydrogen) atoms. The number of rotatable bonds is 5. The molecule has 2 N–H and O–H groups in total. The Morgan fingerprint density at radius 3 is 2.40 bits per heavy atom. The molecule has 0 aliphatic carbocycles. The molecule has 0 saturated carbocycles. The molecular formula is C15H27N3O2. The molecular weight excluding hydrogens is 254 g/mol. The molecule has 0 aliphatic rings. The van der Waals surface area contributed by atoms with E-state index in [1.54, 1.807) is 4.68 Å². The van der Waals surface area contributed by atoms with Gasteiger partial charge in [0.15, 0.2) is 0 Å². The van der Waals surface area contributed by atoms with Crippen LogP contribution in [-0.4, -0.2) is 33.4 Å². The van der Waals surface area contributed by atoms with Crippen LogP contribution in [0.4, 0.5) is 0 Å². The lowest BCUT2D eigenvalue weighted by Gasteiger charge is -2.31. The lowest BCUT2D eigenvalue weighted by molar-refractivity contribution is -0.122. The molecule has 5 nitrogen and oxygen atoms in total. The quantitative estimate of drug-likeness (QED) is 0.859. The summed E-state index contributed by atoms with van der Waals surface area (Å²) in [7, 11) is 1.88. The van der Waals surface area contributed by atoms with Gasteiger partial charge in [0.1, 0.15) is 0 Å². The van der Waals surface area contributed by atoms with E-state index in [1.807, 2.05) is 20.9 Å². The third-order valence-electron chi connectivity index (χ3n) is 3.79. The van der Waals surface area contributed by atoms with E-state index < -0.39 is 0 Å². The third-order valence-corrected chi connectivity index (χ3v) is 3.79. The van der Waals surface area contributed by atoms with Crippen LogP contribution in [0.1, 0.15) is 44.1 Å². The summed E-state index contributed by atoms with van der Waals surface area (Å²) in [5.74, 6) is -0.0161. The molecule has 1 rings (SSSR count). The lowest BCUT2D eigenvalue weighted by Crippen LogP contribution is -2.44. The summed E-state index contributed by atoms with van der Waals surface area (Å²) >= 11 is 0. The van der Waals surface area contributed by atoms with Gasteiger partial charge in [-0.1, -0.05) is 20.8 Å². The zero-order valence-corrected chi connectivity index (χ0v) is 13.4. The van der Waals surface area contributed by atoms with Crippen LogP contribution in [0.5, 0.6) is 0 Å². The minimum Gasteiger partial charge on any atom is -0.396 e. The molecule has 1 atom stereocenters. The van der Waals surface area contributed by atoms with E-state index in [2.05, 4.69) is 31.2 Å². The predicted molar refractivity (Wildman–Crippen MR) is 79.5 cm³/mol. The van der Waals surface area contributed by atoms with E-state index in [0.29, 0.717) is 12.8 Å². The van der Waals surface area contributed by atoms with Crippen LogP contribution in [0.2, 0.25) is 0 Å². The van der Waals surface area contributed by atoms with Crippen LogP contribution in [-0.2, 0) is 18.3 Å². The minimum atomic E-state index is -0.0720. The van der Waals surface area contributed by atoms with Crippen LogP contribution in [0.25, 0.3) is 0 Å². The maximum Gasteiger partial charge on any atom is 0.224 e. The van der Waals surface area contributed by atoms with Gasteiger partial charge in [0, 0.05) is 31.0 Å². The van der Waals surface area contributed by atoms with Gasteiger partial charge in [-0.15, -0.1) is 0 Å². The predicted octanol–water partition coefficient (Wildman–Crippen LogP) is 1.49. The first-order chi connectivity index (χ1) is 9.16. The van der Waals surface area contributed by atoms with Crippen LogP contribution < -0.4 is 5.32 Å². The number of amides is 1. The van der Waals surface area contributed by atoms with Crippen molar-refractivity contribution in [2.45, 2.75) is 53.5 Å². The first-order valence-electron chi connectivity index (χ1n) is 7.06. The van der Waals surface area contributed by atoms with Gasteiger partial charge >= 0.3 is 0 Å². The molecule has 0 aliphatic heterocycles. The summed E-state index contributed by atoms with van der Waals surface area (Å²) in [5.41, 5.74) is 2.83. The summed E-state index contributed by atoms with van der Waals surface area (Å²) in [6.07, 6.45) is 0.907. The molecule has 114 valence electrons. The molecule has 0 saturated heterocycles. The average molecular weight is 281 g/mol. The van der Waals surface area contributed by atoms with E-state index in [0.717, 1.165) is 17.0 Å². The second-order valence-corrected chi connectivity index (χ2v) is 6.45. The fourth-order valence-corrected chi connectivity index (χ4v) is 2.33. The van der Waals surface area contributed by atoms with Crippen molar-refractivity contribution in [1.29, 1.82) is 0 Å². The molecule has 1 amide bonds. The number of nitrogens with zero attached hydrogens (tertiary/aromatic N) is 2. The Bertz CT molecular complexity index is 472. The zero-order valence-electron chi connectivity index (χ0n) is 13.4. The van der Waals surface area contributed by atoms with E-state index in [4.69, 9.17) is 5.11 Å². The Labute approximate surface area is 121 Å². The molecule has 1 heterocycles. The van der Waals surface area contributed by atoms with Crippen LogP contribution in [0.15, 0.2) is 0 Å². The standard InChI is InChI=1S/C15H27N3O2/c1-10-12(11(2)18(6)17-10)9-14(20)16-13(7-8-19)15(3,4)5/h13,19H,7-9H2,1-6H3,(H,16,20). The Hall–Kier alpha value is -1.36. The Balaban J connectivity index is 2.76. The molecule has 5 heteroatoms. The molecule has 0 radical (unpaired) electrons. The largest absolute Gasteiger partial charge is 0.396 e. The molecule has 0 fully saturated rings. The Morgan fingerprint density at radius 2 is 2.00 bits per heavy atom. The topological polar surface area (TPSA) is 67.2 Å². The fourth-order valence-electron chi connectivity index (χ4n) is 2.33. The minimum absolute atomic E-state index is 0.0161. The lowest BCUT2D eigenvalue weighted by atomic mass is 9.85. The number of hydrogen-bond donors (Lipinski definition) is 2. The SMILES string of the molecule is Cc1nn(C)c(C)c1CC(=O)NC(CCO)C(C)(C)C. The second-order valence-electron chi connectivity index (χ2n) is 6.45. The van der Waals surface area contributed by atoms with E-state index in [9.17, 15) is 4.79 Å². The maximum atomic E-state index is 12.2. The summed E-state index contributed by atoms with van der Waals surface area (Å²) in [6.45, 7) is 10.2. The first-order valence-corrected chi connectivity index (χ1v) is 7.06. The number of nitrogens with one attached hydrogen (secondary N) is 1. The van der Waals surface area contributed by atoms with E-state index >= 15 is 0 Å². The van der Waals surface area contributed by atoms with Crippen molar-refractivity contribution < 1.29 is 9.90 Å². The maximum absolute atomic E-state index is 12.2. The van der Waals surface area contributed by atoms with E-state index in [-0.39, 0.29) is 24.0 Å². The zero-order chi connectivity index (χ0) is 15.5. The second kappa shape index (κ2) is 6.39. The molecule has 1 aromatic heterocycles. The van der Waals surface area contributed by atoms with Gasteiger partial charge in [0.2, 0.25) is 5.91 Å². The van der Waals surface area contributed by atoms with Crippen molar-refractivity contribution in [3.05, 3.63) is 17.0 Å². The van der Waals surface area contributed by atoms with E-state index in [1.165, 1.54) is 0 Å². The number of hydrogen-bond acceptors (Lipinski definition) is 3. The molecule has 0 aromatic carbocycles. The van der Waals surface area contributed by atoms with Gasteiger partial charge in [-0.25, -0.2) is 0 Å². The van der Waals surface area contributed by atoms with Gasteiger partial charge in [0.05, 0.1) is 12.1 Å². The van der Waals surface area contributed by atoms with Crippen molar-refractivity contribution in [1.82, 2.24) is 15.1 Å². The summed E-state index contributed by atoms with van der Waals surface area (Å²) in [5, 5.41) is 16.5. The number of carbonyl (C=O) groups is 1. The number of aryl methyl sites for hydroxylation is 2. The Morgan fingerprint density at radius 1 is 1.40 bits per heavy atom. The normalized spacial score (nSPS) is 13.3. The highest BCUT2D eigenvalue weighted by atomic mass is 16.3. The summed E-state index contributed by atoms with van der Waals surface area (Å²) < 4.78 is 1.80. The first kappa shape index (κ1) is 16.7. The van der Waals surface area contributed by atoms with Gasteiger partial charge in [-0.2, -0.15) is 5.10 Å². The monoisotopic (exact) mass is 281 g/mol. The van der Waals surface area contributed by atoms with Crippen LogP contribution in [0.3, 0.4) is 0 Å². The smallest absolute Gasteiger partial charge is 0.224 e. The van der Waals surface area contributed by atoms with Gasteiger partial charge < -0.3 is 10.4 Å². The fraction of sp³-hybridized carbons (Fsp3) is 0.733. The number of aromatic nitrogens is 2. The summed E-state index contributed by atoms with van der Waals surface area (Å²) in [6, 6.07) is -0.0303. The van der Waals surface area contributed by atoms with Gasteiger partial charge in [0.25, 0.3) is 0 Å².